The first-order valence-electron chi connectivity index (χ1n) is 35.1. The highest BCUT2D eigenvalue weighted by atomic mass is 32.1. The van der Waals surface area contributed by atoms with E-state index in [1.807, 2.05) is 121 Å². The van der Waals surface area contributed by atoms with E-state index in [-0.39, 0.29) is 0 Å². The van der Waals surface area contributed by atoms with Crippen LogP contribution in [-0.2, 0) is 6.42 Å². The summed E-state index contributed by atoms with van der Waals surface area (Å²) in [7, 11) is 0. The summed E-state index contributed by atoms with van der Waals surface area (Å²) < 4.78 is 22.0. The zero-order valence-electron chi connectivity index (χ0n) is 56.3. The Kier molecular flexibility index (Phi) is 14.4. The number of thiazole rings is 2. The average molecular weight is 1400 g/mol. The third-order valence-corrected chi connectivity index (χ3v) is 22.2. The fraction of sp³-hybridized carbons (Fsp3) is 0.0108. The number of hydrogen-bond donors (Lipinski definition) is 0. The van der Waals surface area contributed by atoms with E-state index in [1.165, 1.54) is 31.7 Å². The Morgan fingerprint density at radius 1 is 0.226 bits per heavy atom. The Morgan fingerprint density at radius 3 is 1.19 bits per heavy atom. The van der Waals surface area contributed by atoms with Crippen LogP contribution in [0.5, 0.6) is 0 Å². The predicted molar refractivity (Wildman–Crippen MR) is 430 cm³/mol. The second kappa shape index (κ2) is 25.1. The topological polar surface area (TPSA) is 143 Å². The Balaban J connectivity index is 0.000000136. The quantitative estimate of drug-likeness (QED) is 0.129. The molecule has 13 heteroatoms. The van der Waals surface area contributed by atoms with E-state index in [4.69, 9.17) is 53.1 Å². The monoisotopic (exact) mass is 1390 g/mol. The molecule has 7 heterocycles. The van der Waals surface area contributed by atoms with Gasteiger partial charge in [0, 0.05) is 88.0 Å². The van der Waals surface area contributed by atoms with Crippen LogP contribution in [0.2, 0.25) is 0 Å². The van der Waals surface area contributed by atoms with E-state index in [9.17, 15) is 0 Å². The van der Waals surface area contributed by atoms with E-state index in [1.54, 1.807) is 22.7 Å². The second-order valence-corrected chi connectivity index (χ2v) is 28.5. The zero-order chi connectivity index (χ0) is 69.8. The molecule has 0 radical (unpaired) electrons. The molecule has 496 valence electrons. The molecule has 1 aliphatic rings. The van der Waals surface area contributed by atoms with Crippen LogP contribution in [0.15, 0.2) is 329 Å². The Hall–Kier alpha value is -13.7. The van der Waals surface area contributed by atoms with Crippen molar-refractivity contribution in [3.8, 4) is 123 Å². The van der Waals surface area contributed by atoms with Crippen LogP contribution < -0.4 is 0 Å². The molecule has 22 rings (SSSR count). The van der Waals surface area contributed by atoms with Gasteiger partial charge in [0.25, 0.3) is 0 Å². The first kappa shape index (κ1) is 61.0. The number of furan rings is 3. The van der Waals surface area contributed by atoms with Crippen molar-refractivity contribution in [3.05, 3.63) is 327 Å². The lowest BCUT2D eigenvalue weighted by Gasteiger charge is -2.10. The maximum absolute atomic E-state index is 6.69. The molecule has 0 N–H and O–H groups in total. The van der Waals surface area contributed by atoms with E-state index in [0.717, 1.165) is 160 Å². The lowest BCUT2D eigenvalue weighted by molar-refractivity contribution is 0.669. The van der Waals surface area contributed by atoms with E-state index in [0.29, 0.717) is 34.9 Å². The molecule has 0 aliphatic heterocycles. The molecular formula is C93H54N8O3S2. The molecule has 1 aliphatic carbocycles. The van der Waals surface area contributed by atoms with Crippen molar-refractivity contribution in [2.24, 2.45) is 0 Å². The highest BCUT2D eigenvalue weighted by Crippen LogP contribution is 2.46. The van der Waals surface area contributed by atoms with Crippen LogP contribution in [0, 0.1) is 0 Å². The van der Waals surface area contributed by atoms with Crippen LogP contribution >= 0.6 is 22.7 Å². The predicted octanol–water partition coefficient (Wildman–Crippen LogP) is 24.9. The molecule has 0 bridgehead atoms. The zero-order valence-corrected chi connectivity index (χ0v) is 58.0. The largest absolute Gasteiger partial charge is 0.456 e. The average Bonchev–Trinajstić information content (AvgIpc) is 1.57. The van der Waals surface area contributed by atoms with Gasteiger partial charge in [-0.2, -0.15) is 0 Å². The summed E-state index contributed by atoms with van der Waals surface area (Å²) in [4.78, 5) is 40.3. The molecule has 0 amide bonds. The summed E-state index contributed by atoms with van der Waals surface area (Å²) in [5.74, 6) is 3.60. The molecule has 21 aromatic rings. The van der Waals surface area contributed by atoms with Gasteiger partial charge in [-0.25, -0.2) is 39.9 Å². The minimum absolute atomic E-state index is 0.565. The number of fused-ring (bicyclic) bond motifs is 14. The van der Waals surface area contributed by atoms with E-state index in [2.05, 4.69) is 194 Å². The molecular weight excluding hydrogens is 1340 g/mol. The fourth-order valence-corrected chi connectivity index (χ4v) is 16.9. The number of aromatic nitrogens is 8. The van der Waals surface area contributed by atoms with Gasteiger partial charge >= 0.3 is 0 Å². The van der Waals surface area contributed by atoms with Crippen LogP contribution in [-0.4, -0.2) is 39.9 Å². The number of benzene rings is 14. The van der Waals surface area contributed by atoms with Crippen molar-refractivity contribution in [2.75, 3.05) is 0 Å². The van der Waals surface area contributed by atoms with E-state index < -0.39 is 0 Å². The Morgan fingerprint density at radius 2 is 0.623 bits per heavy atom. The number of nitrogens with zero attached hydrogens (tertiary/aromatic N) is 8. The van der Waals surface area contributed by atoms with Gasteiger partial charge in [-0.3, -0.25) is 0 Å². The van der Waals surface area contributed by atoms with Gasteiger partial charge in [-0.1, -0.05) is 255 Å². The molecule has 0 saturated carbocycles. The maximum Gasteiger partial charge on any atom is 0.164 e. The first-order valence-corrected chi connectivity index (χ1v) is 36.7. The second-order valence-electron chi connectivity index (χ2n) is 26.4. The van der Waals surface area contributed by atoms with Gasteiger partial charge in [0.1, 0.15) is 43.5 Å². The molecule has 106 heavy (non-hydrogen) atoms. The third-order valence-electron chi connectivity index (χ3n) is 20.0. The van der Waals surface area contributed by atoms with Crippen molar-refractivity contribution in [3.63, 3.8) is 0 Å². The van der Waals surface area contributed by atoms with Gasteiger partial charge in [0.05, 0.1) is 20.4 Å². The summed E-state index contributed by atoms with van der Waals surface area (Å²) in [6.07, 6.45) is 0.939. The summed E-state index contributed by atoms with van der Waals surface area (Å²) in [6, 6.07) is 108. The minimum Gasteiger partial charge on any atom is -0.456 e. The van der Waals surface area contributed by atoms with Gasteiger partial charge < -0.3 is 13.3 Å². The van der Waals surface area contributed by atoms with Crippen molar-refractivity contribution >= 4 is 109 Å². The SMILES string of the molecule is c1ccc(-c2nc(-c3ccc4c(c3)-c3ccccc3C4)nc(-c3cccc4oc5c(-c6ccc(-c7nc8ccccc8s7)cc6)cccc5c34)n2)cc1.c1ccc(-c2nc(-c3ccc4c(c3)oc3ccccc34)nc(-c3cccc4oc5c(-c6ccc(-c7nc8ccccc8s7)cc6)cccc5c34)n2)cc1. The fourth-order valence-electron chi connectivity index (χ4n) is 14.9. The lowest BCUT2D eigenvalue weighted by atomic mass is 9.99. The molecule has 0 atom stereocenters. The lowest BCUT2D eigenvalue weighted by Crippen LogP contribution is -2.00. The normalized spacial score (nSPS) is 11.9. The van der Waals surface area contributed by atoms with Gasteiger partial charge in [0.2, 0.25) is 0 Å². The highest BCUT2D eigenvalue weighted by Gasteiger charge is 2.25. The summed E-state index contributed by atoms with van der Waals surface area (Å²) >= 11 is 3.42. The Labute approximate surface area is 613 Å². The highest BCUT2D eigenvalue weighted by molar-refractivity contribution is 7.22. The summed E-state index contributed by atoms with van der Waals surface area (Å²) in [5.41, 5.74) is 23.9. The molecule has 14 aromatic carbocycles. The van der Waals surface area contributed by atoms with Crippen LogP contribution in [0.1, 0.15) is 11.1 Å². The molecule has 0 unspecified atom stereocenters. The molecule has 0 spiro atoms. The molecule has 11 nitrogen and oxygen atoms in total. The first-order chi connectivity index (χ1) is 52.5. The van der Waals surface area contributed by atoms with Crippen molar-refractivity contribution in [2.45, 2.75) is 6.42 Å². The van der Waals surface area contributed by atoms with E-state index >= 15 is 0 Å². The van der Waals surface area contributed by atoms with Gasteiger partial charge in [0.15, 0.2) is 34.9 Å². The summed E-state index contributed by atoms with van der Waals surface area (Å²) in [6.45, 7) is 0. The standard InChI is InChI=1S/C47H28N4OS.C46H26N4O2S/c1-2-10-29(11-3-1)44-49-45(33-25-24-32-26-31-12-4-5-13-34(31)38(32)27-33)51-46(50-44)37-16-9-18-40-42(37)36-15-8-14-35(43(36)52-40)28-20-22-30(23-21-28)47-48-39-17-6-7-19-41(39)53-47;1-2-10-28(11-3-1)43-48-44(30-24-25-33-32-12-4-6-17-37(32)51-39(33)26-30)50-45(49-43)35-15-9-18-38-41(35)34-14-8-13-31(42(34)52-38)27-20-22-29(23-21-27)46-47-36-16-5-7-19-40(36)53-46/h1-25,27H,26H2;1-26H. The van der Waals surface area contributed by atoms with Crippen molar-refractivity contribution < 1.29 is 13.3 Å². The summed E-state index contributed by atoms with van der Waals surface area (Å²) in [5, 5.41) is 8.11. The third kappa shape index (κ3) is 10.6. The maximum atomic E-state index is 6.69. The van der Waals surface area contributed by atoms with Crippen molar-refractivity contribution in [1.82, 2.24) is 39.9 Å². The number of rotatable bonds is 10. The number of para-hydroxylation sites is 5. The van der Waals surface area contributed by atoms with Gasteiger partial charge in [-0.05, 0) is 100 Å². The van der Waals surface area contributed by atoms with Crippen molar-refractivity contribution in [1.29, 1.82) is 0 Å². The molecule has 0 fully saturated rings. The Bertz CT molecular complexity index is 7000. The molecule has 7 aromatic heterocycles. The minimum atomic E-state index is 0.565. The van der Waals surface area contributed by atoms with Crippen LogP contribution in [0.25, 0.3) is 209 Å². The smallest absolute Gasteiger partial charge is 0.164 e. The van der Waals surface area contributed by atoms with Crippen LogP contribution in [0.4, 0.5) is 0 Å². The molecule has 0 saturated heterocycles. The van der Waals surface area contributed by atoms with Crippen LogP contribution in [0.3, 0.4) is 0 Å². The van der Waals surface area contributed by atoms with Gasteiger partial charge in [-0.15, -0.1) is 22.7 Å². The number of hydrogen-bond acceptors (Lipinski definition) is 13.